The summed E-state index contributed by atoms with van der Waals surface area (Å²) in [7, 11) is 0. The Morgan fingerprint density at radius 3 is 1.18 bits per heavy atom. The summed E-state index contributed by atoms with van der Waals surface area (Å²) in [4.78, 5) is 25.2. The van der Waals surface area contributed by atoms with Gasteiger partial charge in [-0.2, -0.15) is 0 Å². The first-order chi connectivity index (χ1) is 29.6. The molecule has 5 heteroatoms. The van der Waals surface area contributed by atoms with Crippen LogP contribution in [0.5, 0.6) is 0 Å². The zero-order valence-electron chi connectivity index (χ0n) is 38.4. The maximum absolute atomic E-state index is 12.7. The maximum atomic E-state index is 12.7. The van der Waals surface area contributed by atoms with E-state index in [1.54, 1.807) is 0 Å². The van der Waals surface area contributed by atoms with Gasteiger partial charge < -0.3 is 14.2 Å². The number of unbranched alkanes of at least 4 members (excludes halogenated alkanes) is 10. The van der Waals surface area contributed by atoms with Crippen LogP contribution in [-0.2, 0) is 23.8 Å². The number of hydrogen-bond acceptors (Lipinski definition) is 5. The van der Waals surface area contributed by atoms with Crippen LogP contribution < -0.4 is 0 Å². The van der Waals surface area contributed by atoms with Crippen LogP contribution in [0.3, 0.4) is 0 Å². The molecule has 0 radical (unpaired) electrons. The van der Waals surface area contributed by atoms with Crippen molar-refractivity contribution in [3.63, 3.8) is 0 Å². The van der Waals surface area contributed by atoms with Crippen molar-refractivity contribution in [1.82, 2.24) is 0 Å². The summed E-state index contributed by atoms with van der Waals surface area (Å²) >= 11 is 0. The van der Waals surface area contributed by atoms with Crippen LogP contribution in [0.25, 0.3) is 0 Å². The lowest BCUT2D eigenvalue weighted by atomic mass is 10.1. The molecule has 5 nitrogen and oxygen atoms in total. The monoisotopic (exact) mass is 827 g/mol. The SMILES string of the molecule is CC/C=C\C/C=C\C/C=C\C/C=C\C/C=C\CC(=O)OCC(COCCCCCCCC/C=C\CCCCCC)OC(=O)C/C=C\C/C=C\C/C=C\C/C=C\C/C=C\CC. The Morgan fingerprint density at radius 1 is 0.383 bits per heavy atom. The molecule has 1 atom stereocenters. The first kappa shape index (κ1) is 56.0. The third-order valence-corrected chi connectivity index (χ3v) is 9.22. The number of allylic oxidation sites excluding steroid dienone is 20. The Hall–Kier alpha value is -3.96. The van der Waals surface area contributed by atoms with Gasteiger partial charge >= 0.3 is 11.9 Å². The largest absolute Gasteiger partial charge is 0.461 e. The van der Waals surface area contributed by atoms with Crippen molar-refractivity contribution in [3.05, 3.63) is 134 Å². The van der Waals surface area contributed by atoms with Gasteiger partial charge in [0.05, 0.1) is 19.4 Å². The fourth-order valence-electron chi connectivity index (χ4n) is 5.77. The summed E-state index contributed by atoms with van der Waals surface area (Å²) in [5, 5.41) is 0. The number of hydrogen-bond donors (Lipinski definition) is 0. The highest BCUT2D eigenvalue weighted by atomic mass is 16.6. The van der Waals surface area contributed by atoms with Gasteiger partial charge in [-0.25, -0.2) is 0 Å². The van der Waals surface area contributed by atoms with Gasteiger partial charge in [0.1, 0.15) is 6.61 Å². The van der Waals surface area contributed by atoms with E-state index in [-0.39, 0.29) is 38.0 Å². The fraction of sp³-hybridized carbons (Fsp3) is 0.564. The Bertz CT molecular complexity index is 1300. The second kappa shape index (κ2) is 49.4. The van der Waals surface area contributed by atoms with E-state index < -0.39 is 6.10 Å². The molecule has 0 amide bonds. The van der Waals surface area contributed by atoms with Gasteiger partial charge in [-0.1, -0.05) is 199 Å². The highest BCUT2D eigenvalue weighted by Gasteiger charge is 2.16. The van der Waals surface area contributed by atoms with Crippen molar-refractivity contribution in [2.75, 3.05) is 19.8 Å². The molecule has 0 aliphatic rings. The lowest BCUT2D eigenvalue weighted by Crippen LogP contribution is -2.29. The van der Waals surface area contributed by atoms with E-state index in [1.165, 1.54) is 64.2 Å². The normalized spacial score (nSPS) is 13.4. The van der Waals surface area contributed by atoms with E-state index in [1.807, 2.05) is 24.3 Å². The molecule has 0 fully saturated rings. The molecule has 0 aliphatic heterocycles. The smallest absolute Gasteiger partial charge is 0.310 e. The molecule has 0 aliphatic carbocycles. The first-order valence-corrected chi connectivity index (χ1v) is 23.7. The zero-order valence-corrected chi connectivity index (χ0v) is 38.4. The van der Waals surface area contributed by atoms with Gasteiger partial charge in [0.15, 0.2) is 6.10 Å². The Balaban J connectivity index is 4.57. The maximum Gasteiger partial charge on any atom is 0.310 e. The summed E-state index contributed by atoms with van der Waals surface area (Å²) in [5.74, 6) is -0.706. The highest BCUT2D eigenvalue weighted by molar-refractivity contribution is 5.72. The van der Waals surface area contributed by atoms with E-state index in [4.69, 9.17) is 14.2 Å². The standard InChI is InChI=1S/C55H86O5/c1-4-7-10-13-16-19-22-25-28-30-33-36-39-42-45-48-54(56)59-52-53(51-58-50-47-44-41-38-35-32-27-24-21-18-15-12-9-6-3)60-55(57)49-46-43-40-37-34-31-29-26-23-20-17-14-11-8-5-2/h7-8,10-11,16-17,19-21,24-26,28-29,33-34,36-37,42-43,45-46,53H,4-6,9,12-15,18,22-23,27,30-32,35,38-41,44,47-52H2,1-3H3/b10-7-,11-8-,19-16-,20-17-,24-21-,28-25-,29-26-,36-33-,37-34-,45-42-,46-43-. The topological polar surface area (TPSA) is 61.8 Å². The van der Waals surface area contributed by atoms with Gasteiger partial charge in [0.2, 0.25) is 0 Å². The number of ether oxygens (including phenoxy) is 3. The molecule has 0 bridgehead atoms. The van der Waals surface area contributed by atoms with Crippen molar-refractivity contribution < 1.29 is 23.8 Å². The number of esters is 2. The molecular weight excluding hydrogens is 741 g/mol. The number of carbonyl (C=O) groups excluding carboxylic acids is 2. The van der Waals surface area contributed by atoms with Crippen LogP contribution in [0, 0.1) is 0 Å². The molecule has 1 unspecified atom stereocenters. The van der Waals surface area contributed by atoms with Gasteiger partial charge in [-0.3, -0.25) is 9.59 Å². The third-order valence-electron chi connectivity index (χ3n) is 9.22. The predicted octanol–water partition coefficient (Wildman–Crippen LogP) is 16.0. The van der Waals surface area contributed by atoms with Crippen molar-refractivity contribution in [1.29, 1.82) is 0 Å². The minimum Gasteiger partial charge on any atom is -0.461 e. The fourth-order valence-corrected chi connectivity index (χ4v) is 5.77. The molecule has 0 saturated carbocycles. The average Bonchev–Trinajstić information content (AvgIpc) is 3.25. The molecule has 0 aromatic carbocycles. The first-order valence-electron chi connectivity index (χ1n) is 23.7. The van der Waals surface area contributed by atoms with E-state index in [2.05, 4.69) is 130 Å². The van der Waals surface area contributed by atoms with Crippen LogP contribution in [0.2, 0.25) is 0 Å². The lowest BCUT2D eigenvalue weighted by Gasteiger charge is -2.18. The average molecular weight is 827 g/mol. The molecule has 0 saturated heterocycles. The molecule has 60 heavy (non-hydrogen) atoms. The number of carbonyl (C=O) groups is 2. The molecule has 0 spiro atoms. The predicted molar refractivity (Wildman–Crippen MR) is 260 cm³/mol. The summed E-state index contributed by atoms with van der Waals surface area (Å²) in [6, 6.07) is 0. The molecule has 0 rings (SSSR count). The van der Waals surface area contributed by atoms with E-state index >= 15 is 0 Å². The summed E-state index contributed by atoms with van der Waals surface area (Å²) in [6.07, 6.45) is 70.7. The van der Waals surface area contributed by atoms with Crippen molar-refractivity contribution in [2.24, 2.45) is 0 Å². The van der Waals surface area contributed by atoms with Crippen LogP contribution in [-0.4, -0.2) is 37.9 Å². The van der Waals surface area contributed by atoms with Gasteiger partial charge in [-0.05, 0) is 96.3 Å². The van der Waals surface area contributed by atoms with Crippen molar-refractivity contribution in [3.8, 4) is 0 Å². The Morgan fingerprint density at radius 2 is 0.750 bits per heavy atom. The van der Waals surface area contributed by atoms with Crippen LogP contribution in [0.1, 0.15) is 175 Å². The molecule has 0 N–H and O–H groups in total. The summed E-state index contributed by atoms with van der Waals surface area (Å²) in [6.45, 7) is 7.33. The van der Waals surface area contributed by atoms with Crippen molar-refractivity contribution >= 4 is 11.9 Å². The molecule has 0 aromatic heterocycles. The summed E-state index contributed by atoms with van der Waals surface area (Å²) in [5.41, 5.74) is 0. The van der Waals surface area contributed by atoms with E-state index in [0.29, 0.717) is 6.61 Å². The Labute approximate surface area is 369 Å². The second-order valence-corrected chi connectivity index (χ2v) is 14.9. The van der Waals surface area contributed by atoms with E-state index in [0.717, 1.165) is 77.0 Å². The van der Waals surface area contributed by atoms with Gasteiger partial charge in [0, 0.05) is 6.61 Å². The van der Waals surface area contributed by atoms with Crippen LogP contribution >= 0.6 is 0 Å². The van der Waals surface area contributed by atoms with Crippen LogP contribution in [0.4, 0.5) is 0 Å². The molecule has 0 aromatic rings. The van der Waals surface area contributed by atoms with Gasteiger partial charge in [-0.15, -0.1) is 0 Å². The molecular formula is C55H86O5. The zero-order chi connectivity index (χ0) is 43.5. The summed E-state index contributed by atoms with van der Waals surface area (Å²) < 4.78 is 17.1. The highest BCUT2D eigenvalue weighted by Crippen LogP contribution is 2.10. The second-order valence-electron chi connectivity index (χ2n) is 14.9. The van der Waals surface area contributed by atoms with Crippen LogP contribution in [0.15, 0.2) is 134 Å². The molecule has 0 heterocycles. The Kier molecular flexibility index (Phi) is 46.1. The van der Waals surface area contributed by atoms with Gasteiger partial charge in [0.25, 0.3) is 0 Å². The van der Waals surface area contributed by atoms with E-state index in [9.17, 15) is 9.59 Å². The lowest BCUT2D eigenvalue weighted by molar-refractivity contribution is -0.161. The minimum absolute atomic E-state index is 0.0197. The third kappa shape index (κ3) is 46.7. The number of rotatable bonds is 41. The minimum atomic E-state index is -0.641. The van der Waals surface area contributed by atoms with Crippen molar-refractivity contribution in [2.45, 2.75) is 181 Å². The molecule has 336 valence electrons. The quantitative estimate of drug-likeness (QED) is 0.0349.